The number of benzene rings is 3. The number of unbranched alkanes of at least 4 members (excludes halogenated alkanes) is 1. The van der Waals surface area contributed by atoms with E-state index in [1.54, 1.807) is 39.0 Å². The van der Waals surface area contributed by atoms with Crippen molar-refractivity contribution in [1.29, 1.82) is 0 Å². The van der Waals surface area contributed by atoms with E-state index in [0.29, 0.717) is 16.7 Å². The topological polar surface area (TPSA) is 112 Å². The van der Waals surface area contributed by atoms with Gasteiger partial charge in [0.1, 0.15) is 11.6 Å². The van der Waals surface area contributed by atoms with E-state index in [-0.39, 0.29) is 40.5 Å². The number of halogens is 4. The van der Waals surface area contributed by atoms with Crippen LogP contribution in [0.3, 0.4) is 0 Å². The molecule has 0 fully saturated rings. The molecule has 1 aromatic heterocycles. The molecule has 0 amide bonds. The number of anilines is 1. The normalized spacial score (nSPS) is 12.6. The van der Waals surface area contributed by atoms with Gasteiger partial charge < -0.3 is 5.73 Å². The lowest BCUT2D eigenvalue weighted by Gasteiger charge is -2.21. The summed E-state index contributed by atoms with van der Waals surface area (Å²) in [4.78, 5) is 13.4. The Labute approximate surface area is 247 Å². The zero-order chi connectivity index (χ0) is 31.7. The molecule has 13 heteroatoms. The summed E-state index contributed by atoms with van der Waals surface area (Å²) in [5.74, 6) is -0.537. The van der Waals surface area contributed by atoms with E-state index < -0.39 is 44.5 Å². The number of nitrogens with zero attached hydrogens (tertiary/aromatic N) is 3. The maximum Gasteiger partial charge on any atom is 0.418 e. The van der Waals surface area contributed by atoms with Crippen LogP contribution in [0.4, 0.5) is 23.2 Å². The Balaban J connectivity index is 1.77. The molecule has 3 N–H and O–H groups in total. The summed E-state index contributed by atoms with van der Waals surface area (Å²) in [5, 5.41) is 4.21. The van der Waals surface area contributed by atoms with Crippen molar-refractivity contribution in [2.75, 3.05) is 5.73 Å². The Morgan fingerprint density at radius 3 is 2.33 bits per heavy atom. The maximum absolute atomic E-state index is 15.6. The van der Waals surface area contributed by atoms with E-state index in [1.807, 2.05) is 6.92 Å². The number of alkyl halides is 3. The number of aromatic nitrogens is 3. The Kier molecular flexibility index (Phi) is 8.89. The Morgan fingerprint density at radius 2 is 1.70 bits per heavy atom. The van der Waals surface area contributed by atoms with E-state index in [0.717, 1.165) is 29.2 Å². The molecular weight excluding hydrogens is 586 g/mol. The van der Waals surface area contributed by atoms with Crippen LogP contribution in [0.2, 0.25) is 0 Å². The number of rotatable bonds is 9. The highest BCUT2D eigenvalue weighted by Crippen LogP contribution is 2.34. The van der Waals surface area contributed by atoms with Crippen LogP contribution < -0.4 is 16.1 Å². The second kappa shape index (κ2) is 12.0. The van der Waals surface area contributed by atoms with Gasteiger partial charge in [0.05, 0.1) is 22.7 Å². The largest absolute Gasteiger partial charge is 0.418 e. The van der Waals surface area contributed by atoms with E-state index in [2.05, 4.69) is 9.82 Å². The predicted molar refractivity (Wildman–Crippen MR) is 157 cm³/mol. The van der Waals surface area contributed by atoms with Gasteiger partial charge in [-0.2, -0.15) is 17.9 Å². The first-order chi connectivity index (χ1) is 20.0. The van der Waals surface area contributed by atoms with Gasteiger partial charge in [-0.25, -0.2) is 22.3 Å². The fourth-order valence-corrected chi connectivity index (χ4v) is 6.30. The summed E-state index contributed by atoms with van der Waals surface area (Å²) >= 11 is 0. The summed E-state index contributed by atoms with van der Waals surface area (Å²) in [6.45, 7) is 6.72. The van der Waals surface area contributed by atoms with Gasteiger partial charge in [-0.15, -0.1) is 5.10 Å². The van der Waals surface area contributed by atoms with Crippen molar-refractivity contribution in [2.45, 2.75) is 70.1 Å². The molecule has 0 saturated heterocycles. The van der Waals surface area contributed by atoms with Crippen LogP contribution >= 0.6 is 0 Å². The second-order valence-corrected chi connectivity index (χ2v) is 12.9. The number of nitrogens with two attached hydrogens (primary N) is 1. The zero-order valence-electron chi connectivity index (χ0n) is 24.2. The number of nitrogen functional groups attached to an aromatic ring is 1. The third-order valence-corrected chi connectivity index (χ3v) is 8.37. The molecule has 0 radical (unpaired) electrons. The molecule has 43 heavy (non-hydrogen) atoms. The van der Waals surface area contributed by atoms with Gasteiger partial charge in [0.15, 0.2) is 0 Å². The molecule has 1 heterocycles. The minimum atomic E-state index is -4.77. The standard InChI is InChI=1S/C30H33F4N5O3S/c1-5-6-11-27-36-39(25-17-21(35)14-15-23(25)30(32,33)34)28(40)38(27)18-20-13-12-19(16-24(20)31)22-9-7-8-10-26(22)43(41,42)37-29(2,3)4/h7-10,12-17,37H,5-6,11,18,35H2,1-4H3. The molecule has 0 aliphatic carbocycles. The van der Waals surface area contributed by atoms with Crippen LogP contribution in [-0.2, 0) is 29.2 Å². The lowest BCUT2D eigenvalue weighted by molar-refractivity contribution is -0.137. The van der Waals surface area contributed by atoms with Gasteiger partial charge in [0, 0.05) is 28.8 Å². The molecule has 0 spiro atoms. The van der Waals surface area contributed by atoms with E-state index >= 15 is 4.39 Å². The Hall–Kier alpha value is -3.97. The van der Waals surface area contributed by atoms with Crippen molar-refractivity contribution in [3.05, 3.63) is 93.9 Å². The molecule has 230 valence electrons. The fourth-order valence-electron chi connectivity index (χ4n) is 4.65. The summed E-state index contributed by atoms with van der Waals surface area (Å²) in [6, 6.07) is 13.2. The molecular formula is C30H33F4N5O3S. The molecule has 4 rings (SSSR count). The number of hydrogen-bond donors (Lipinski definition) is 2. The first kappa shape index (κ1) is 32.0. The maximum atomic E-state index is 15.6. The molecule has 0 aliphatic rings. The molecule has 4 aromatic rings. The first-order valence-electron chi connectivity index (χ1n) is 13.6. The van der Waals surface area contributed by atoms with E-state index in [1.165, 1.54) is 24.3 Å². The second-order valence-electron chi connectivity index (χ2n) is 11.2. The monoisotopic (exact) mass is 619 g/mol. The predicted octanol–water partition coefficient (Wildman–Crippen LogP) is 5.91. The fraction of sp³-hybridized carbons (Fsp3) is 0.333. The van der Waals surface area contributed by atoms with Crippen molar-refractivity contribution in [3.8, 4) is 16.8 Å². The molecule has 0 saturated carbocycles. The van der Waals surface area contributed by atoms with Gasteiger partial charge >= 0.3 is 11.9 Å². The minimum absolute atomic E-state index is 0.0150. The van der Waals surface area contributed by atoms with Gasteiger partial charge in [0.2, 0.25) is 10.0 Å². The average Bonchev–Trinajstić information content (AvgIpc) is 3.21. The molecule has 0 unspecified atom stereocenters. The minimum Gasteiger partial charge on any atom is -0.399 e. The van der Waals surface area contributed by atoms with Gasteiger partial charge in [-0.3, -0.25) is 4.57 Å². The third-order valence-electron chi connectivity index (χ3n) is 6.56. The summed E-state index contributed by atoms with van der Waals surface area (Å²) in [6.07, 6.45) is -3.19. The molecule has 0 atom stereocenters. The van der Waals surface area contributed by atoms with Crippen molar-refractivity contribution in [2.24, 2.45) is 0 Å². The summed E-state index contributed by atoms with van der Waals surface area (Å²) in [5.41, 5.74) is 3.17. The molecule has 8 nitrogen and oxygen atoms in total. The Morgan fingerprint density at radius 1 is 1.00 bits per heavy atom. The SMILES string of the molecule is CCCCc1nn(-c2cc(N)ccc2C(F)(F)F)c(=O)n1Cc1ccc(-c2ccccc2S(=O)(=O)NC(C)(C)C)cc1F. The van der Waals surface area contributed by atoms with Crippen LogP contribution in [0.5, 0.6) is 0 Å². The van der Waals surface area contributed by atoms with Crippen LogP contribution in [0.1, 0.15) is 57.5 Å². The molecule has 0 bridgehead atoms. The highest BCUT2D eigenvalue weighted by atomic mass is 32.2. The van der Waals surface area contributed by atoms with Crippen molar-refractivity contribution >= 4 is 15.7 Å². The van der Waals surface area contributed by atoms with Gasteiger partial charge in [0.25, 0.3) is 0 Å². The van der Waals surface area contributed by atoms with Crippen molar-refractivity contribution in [3.63, 3.8) is 0 Å². The summed E-state index contributed by atoms with van der Waals surface area (Å²) in [7, 11) is -3.95. The number of hydrogen-bond acceptors (Lipinski definition) is 5. The number of nitrogens with one attached hydrogen (secondary N) is 1. The van der Waals surface area contributed by atoms with E-state index in [4.69, 9.17) is 5.73 Å². The average molecular weight is 620 g/mol. The lowest BCUT2D eigenvalue weighted by Crippen LogP contribution is -2.40. The van der Waals surface area contributed by atoms with E-state index in [9.17, 15) is 26.4 Å². The first-order valence-corrected chi connectivity index (χ1v) is 15.1. The molecule has 3 aromatic carbocycles. The van der Waals surface area contributed by atoms with Crippen LogP contribution in [0.25, 0.3) is 16.8 Å². The van der Waals surface area contributed by atoms with Crippen molar-refractivity contribution in [1.82, 2.24) is 19.1 Å². The highest BCUT2D eigenvalue weighted by molar-refractivity contribution is 7.89. The highest BCUT2D eigenvalue weighted by Gasteiger charge is 2.35. The Bertz CT molecular complexity index is 1810. The molecule has 0 aliphatic heterocycles. The van der Waals surface area contributed by atoms with Crippen molar-refractivity contribution < 1.29 is 26.0 Å². The lowest BCUT2D eigenvalue weighted by atomic mass is 10.0. The summed E-state index contributed by atoms with van der Waals surface area (Å²) < 4.78 is 87.5. The van der Waals surface area contributed by atoms with Gasteiger partial charge in [-0.1, -0.05) is 43.7 Å². The van der Waals surface area contributed by atoms with Crippen LogP contribution in [0.15, 0.2) is 70.4 Å². The van der Waals surface area contributed by atoms with Crippen LogP contribution in [0, 0.1) is 5.82 Å². The van der Waals surface area contributed by atoms with Crippen LogP contribution in [-0.4, -0.2) is 28.3 Å². The van der Waals surface area contributed by atoms with Gasteiger partial charge in [-0.05, 0) is 63.1 Å². The smallest absolute Gasteiger partial charge is 0.399 e. The third kappa shape index (κ3) is 7.16. The zero-order valence-corrected chi connectivity index (χ0v) is 25.0. The number of sulfonamides is 1. The number of aryl methyl sites for hydroxylation is 1. The quantitative estimate of drug-likeness (QED) is 0.179.